The number of para-hydroxylation sites is 1. The summed E-state index contributed by atoms with van der Waals surface area (Å²) < 4.78 is 11.6. The van der Waals surface area contributed by atoms with Gasteiger partial charge in [-0.25, -0.2) is 4.79 Å². The molecule has 0 saturated carbocycles. The summed E-state index contributed by atoms with van der Waals surface area (Å²) >= 11 is 3.41. The molecule has 1 aromatic heterocycles. The molecule has 0 aliphatic rings. The number of anilines is 1. The molecule has 0 fully saturated rings. The van der Waals surface area contributed by atoms with E-state index in [1.54, 1.807) is 43.5 Å². The molecule has 0 spiro atoms. The van der Waals surface area contributed by atoms with Gasteiger partial charge in [0.1, 0.15) is 11.3 Å². The first-order valence-electron chi connectivity index (χ1n) is 9.49. The quantitative estimate of drug-likeness (QED) is 0.289. The number of methoxy groups -OCH3 is 1. The first kappa shape index (κ1) is 20.6. The minimum absolute atomic E-state index is 0.278. The van der Waals surface area contributed by atoms with Crippen molar-refractivity contribution < 1.29 is 13.9 Å². The topological polar surface area (TPSA) is 68.5 Å². The third kappa shape index (κ3) is 4.75. The molecule has 1 amide bonds. The van der Waals surface area contributed by atoms with Gasteiger partial charge in [0.25, 0.3) is 0 Å². The fourth-order valence-electron chi connectivity index (χ4n) is 3.18. The van der Waals surface area contributed by atoms with E-state index < -0.39 is 5.63 Å². The van der Waals surface area contributed by atoms with Gasteiger partial charge in [-0.05, 0) is 54.1 Å². The molecule has 31 heavy (non-hydrogen) atoms. The average Bonchev–Trinajstić information content (AvgIpc) is 2.78. The van der Waals surface area contributed by atoms with Crippen molar-refractivity contribution in [1.29, 1.82) is 0 Å². The summed E-state index contributed by atoms with van der Waals surface area (Å²) in [5.41, 5.74) is 2.73. The van der Waals surface area contributed by atoms with E-state index in [9.17, 15) is 9.59 Å². The summed E-state index contributed by atoms with van der Waals surface area (Å²) in [6.45, 7) is 0. The van der Waals surface area contributed by atoms with Gasteiger partial charge in [0.15, 0.2) is 0 Å². The smallest absolute Gasteiger partial charge is 0.344 e. The Kier molecular flexibility index (Phi) is 6.00. The Hall–Kier alpha value is -3.64. The number of amides is 1. The average molecular weight is 476 g/mol. The van der Waals surface area contributed by atoms with Gasteiger partial charge in [0.2, 0.25) is 5.91 Å². The largest absolute Gasteiger partial charge is 0.496 e. The number of carbonyl (C=O) groups is 1. The summed E-state index contributed by atoms with van der Waals surface area (Å²) in [5.74, 6) is 0.394. The Morgan fingerprint density at radius 1 is 1.03 bits per heavy atom. The van der Waals surface area contributed by atoms with E-state index in [2.05, 4.69) is 21.2 Å². The molecule has 3 aromatic carbocycles. The Balaban J connectivity index is 1.50. The Morgan fingerprint density at radius 3 is 2.58 bits per heavy atom. The summed E-state index contributed by atoms with van der Waals surface area (Å²) in [6, 6.07) is 21.8. The van der Waals surface area contributed by atoms with Crippen molar-refractivity contribution in [2.45, 2.75) is 0 Å². The van der Waals surface area contributed by atoms with Crippen molar-refractivity contribution in [3.05, 3.63) is 99.3 Å². The molecule has 154 valence electrons. The predicted octanol–water partition coefficient (Wildman–Crippen LogP) is 5.88. The maximum atomic E-state index is 12.3. The van der Waals surface area contributed by atoms with Gasteiger partial charge in [-0.2, -0.15) is 0 Å². The van der Waals surface area contributed by atoms with Gasteiger partial charge in [0, 0.05) is 27.2 Å². The zero-order valence-electron chi connectivity index (χ0n) is 16.6. The number of fused-ring (bicyclic) bond motifs is 1. The van der Waals surface area contributed by atoms with Gasteiger partial charge >= 0.3 is 5.63 Å². The lowest BCUT2D eigenvalue weighted by atomic mass is 10.1. The van der Waals surface area contributed by atoms with Crippen LogP contribution in [-0.4, -0.2) is 13.0 Å². The summed E-state index contributed by atoms with van der Waals surface area (Å²) in [6.07, 6.45) is 3.13. The third-order valence-corrected chi connectivity index (χ3v) is 5.20. The number of nitrogens with one attached hydrogen (secondary N) is 1. The Morgan fingerprint density at radius 2 is 1.81 bits per heavy atom. The zero-order valence-corrected chi connectivity index (χ0v) is 18.2. The van der Waals surface area contributed by atoms with Crippen LogP contribution in [0.5, 0.6) is 5.75 Å². The second-order valence-corrected chi connectivity index (χ2v) is 7.69. The van der Waals surface area contributed by atoms with Gasteiger partial charge in [-0.1, -0.05) is 46.3 Å². The number of rotatable bonds is 5. The Labute approximate surface area is 187 Å². The molecular formula is C25H18BrNO4. The highest BCUT2D eigenvalue weighted by Gasteiger charge is 2.08. The second-order valence-electron chi connectivity index (χ2n) is 6.77. The molecule has 0 saturated heterocycles. The third-order valence-electron chi connectivity index (χ3n) is 4.71. The SMILES string of the molecule is COc1ccc(Br)cc1C=CC(=O)Nc1ccc(-c2cc3ccccc3oc2=O)cc1. The lowest BCUT2D eigenvalue weighted by Crippen LogP contribution is -2.08. The fraction of sp³-hybridized carbons (Fsp3) is 0.0400. The minimum Gasteiger partial charge on any atom is -0.496 e. The van der Waals surface area contributed by atoms with Crippen LogP contribution in [0.2, 0.25) is 0 Å². The Bertz CT molecular complexity index is 1340. The molecule has 0 radical (unpaired) electrons. The molecule has 0 aliphatic heterocycles. The van der Waals surface area contributed by atoms with E-state index >= 15 is 0 Å². The summed E-state index contributed by atoms with van der Waals surface area (Å²) in [7, 11) is 1.58. The van der Waals surface area contributed by atoms with Crippen molar-refractivity contribution in [2.75, 3.05) is 12.4 Å². The lowest BCUT2D eigenvalue weighted by molar-refractivity contribution is -0.111. The maximum Gasteiger partial charge on any atom is 0.344 e. The first-order chi connectivity index (χ1) is 15.0. The summed E-state index contributed by atoms with van der Waals surface area (Å²) in [4.78, 5) is 24.6. The van der Waals surface area contributed by atoms with Crippen LogP contribution in [-0.2, 0) is 4.79 Å². The van der Waals surface area contributed by atoms with Crippen LogP contribution in [0.4, 0.5) is 5.69 Å². The molecule has 4 rings (SSSR count). The van der Waals surface area contributed by atoms with Crippen LogP contribution in [0, 0.1) is 0 Å². The van der Waals surface area contributed by atoms with Crippen LogP contribution in [0.25, 0.3) is 28.2 Å². The highest BCUT2D eigenvalue weighted by Crippen LogP contribution is 2.25. The number of hydrogen-bond donors (Lipinski definition) is 1. The van der Waals surface area contributed by atoms with Crippen LogP contribution in [0.15, 0.2) is 92.6 Å². The lowest BCUT2D eigenvalue weighted by Gasteiger charge is -2.06. The number of carbonyl (C=O) groups excluding carboxylic acids is 1. The molecule has 4 aromatic rings. The fourth-order valence-corrected chi connectivity index (χ4v) is 3.56. The van der Waals surface area contributed by atoms with Crippen molar-refractivity contribution in [1.82, 2.24) is 0 Å². The van der Waals surface area contributed by atoms with Crippen LogP contribution in [0.1, 0.15) is 5.56 Å². The highest BCUT2D eigenvalue weighted by atomic mass is 79.9. The molecule has 0 bridgehead atoms. The van der Waals surface area contributed by atoms with E-state index in [1.807, 2.05) is 42.5 Å². The molecule has 0 unspecified atom stereocenters. The van der Waals surface area contributed by atoms with Crippen molar-refractivity contribution in [3.63, 3.8) is 0 Å². The van der Waals surface area contributed by atoms with E-state index in [0.29, 0.717) is 28.1 Å². The number of ether oxygens (including phenoxy) is 1. The molecular weight excluding hydrogens is 458 g/mol. The predicted molar refractivity (Wildman–Crippen MR) is 126 cm³/mol. The van der Waals surface area contributed by atoms with Crippen molar-refractivity contribution >= 4 is 44.6 Å². The molecule has 0 atom stereocenters. The standard InChI is InChI=1S/C25H18BrNO4/c1-30-22-12-9-19(26)14-18(22)8-13-24(28)27-20-10-6-16(7-11-20)21-15-17-4-2-3-5-23(17)31-25(21)29/h2-15H,1H3,(H,27,28). The van der Waals surface area contributed by atoms with E-state index in [4.69, 9.17) is 9.15 Å². The van der Waals surface area contributed by atoms with Gasteiger partial charge < -0.3 is 14.5 Å². The zero-order chi connectivity index (χ0) is 21.8. The molecule has 6 heteroatoms. The number of halogens is 1. The number of benzene rings is 3. The second kappa shape index (κ2) is 9.02. The van der Waals surface area contributed by atoms with Crippen LogP contribution < -0.4 is 15.7 Å². The van der Waals surface area contributed by atoms with E-state index in [1.165, 1.54) is 6.08 Å². The molecule has 1 N–H and O–H groups in total. The maximum absolute atomic E-state index is 12.3. The highest BCUT2D eigenvalue weighted by molar-refractivity contribution is 9.10. The normalized spacial score (nSPS) is 11.0. The van der Waals surface area contributed by atoms with Crippen LogP contribution >= 0.6 is 15.9 Å². The van der Waals surface area contributed by atoms with Gasteiger partial charge in [0.05, 0.1) is 12.7 Å². The number of hydrogen-bond acceptors (Lipinski definition) is 4. The van der Waals surface area contributed by atoms with E-state index in [0.717, 1.165) is 15.4 Å². The van der Waals surface area contributed by atoms with Crippen molar-refractivity contribution in [3.8, 4) is 16.9 Å². The van der Waals surface area contributed by atoms with Crippen LogP contribution in [0.3, 0.4) is 0 Å². The van der Waals surface area contributed by atoms with Crippen molar-refractivity contribution in [2.24, 2.45) is 0 Å². The summed E-state index contributed by atoms with van der Waals surface area (Å²) in [5, 5.41) is 3.66. The van der Waals surface area contributed by atoms with Gasteiger partial charge in [-0.3, -0.25) is 4.79 Å². The van der Waals surface area contributed by atoms with Gasteiger partial charge in [-0.15, -0.1) is 0 Å². The minimum atomic E-state index is -0.401. The molecule has 1 heterocycles. The monoisotopic (exact) mass is 475 g/mol. The molecule has 5 nitrogen and oxygen atoms in total. The first-order valence-corrected chi connectivity index (χ1v) is 10.3. The van der Waals surface area contributed by atoms with E-state index in [-0.39, 0.29) is 5.91 Å². The molecule has 0 aliphatic carbocycles.